The number of aromatic nitrogens is 2. The first-order valence-electron chi connectivity index (χ1n) is 8.84. The van der Waals surface area contributed by atoms with Gasteiger partial charge in [-0.3, -0.25) is 0 Å². The highest BCUT2D eigenvalue weighted by molar-refractivity contribution is 6.33. The van der Waals surface area contributed by atoms with Crippen molar-refractivity contribution in [2.24, 2.45) is 0 Å². The highest BCUT2D eigenvalue weighted by Crippen LogP contribution is 2.40. The summed E-state index contributed by atoms with van der Waals surface area (Å²) in [6.45, 7) is 0.749. The number of para-hydroxylation sites is 1. The number of rotatable bonds is 2. The molecular formula is C20H16Cl2F3N3. The number of nitrogens with one attached hydrogen (secondary N) is 1. The van der Waals surface area contributed by atoms with Gasteiger partial charge in [0.2, 0.25) is 0 Å². The molecule has 0 spiro atoms. The van der Waals surface area contributed by atoms with Crippen LogP contribution in [-0.2, 0) is 12.6 Å². The summed E-state index contributed by atoms with van der Waals surface area (Å²) in [5.41, 5.74) is 1.46. The fourth-order valence-electron chi connectivity index (χ4n) is 3.40. The summed E-state index contributed by atoms with van der Waals surface area (Å²) in [6, 6.07) is 10.5. The molecule has 0 saturated carbocycles. The molecule has 28 heavy (non-hydrogen) atoms. The van der Waals surface area contributed by atoms with Crippen molar-refractivity contribution in [3.63, 3.8) is 0 Å². The van der Waals surface area contributed by atoms with Gasteiger partial charge in [0.05, 0.1) is 27.0 Å². The van der Waals surface area contributed by atoms with Crippen LogP contribution in [0.25, 0.3) is 16.9 Å². The summed E-state index contributed by atoms with van der Waals surface area (Å²) in [5.74, 6) is 0.745. The molecule has 1 aliphatic heterocycles. The molecule has 0 radical (unpaired) electrons. The first-order chi connectivity index (χ1) is 13.4. The van der Waals surface area contributed by atoms with Crippen LogP contribution in [0.2, 0.25) is 10.0 Å². The molecule has 0 saturated heterocycles. The fraction of sp³-hybridized carbons (Fsp3) is 0.250. The van der Waals surface area contributed by atoms with Crippen molar-refractivity contribution < 1.29 is 13.2 Å². The number of fused-ring (bicyclic) bond motifs is 1. The van der Waals surface area contributed by atoms with Gasteiger partial charge in [0.1, 0.15) is 5.82 Å². The van der Waals surface area contributed by atoms with Crippen molar-refractivity contribution >= 4 is 29.0 Å². The maximum Gasteiger partial charge on any atom is 0.416 e. The van der Waals surface area contributed by atoms with Crippen LogP contribution in [0, 0.1) is 0 Å². The van der Waals surface area contributed by atoms with Crippen molar-refractivity contribution in [2.45, 2.75) is 25.4 Å². The molecule has 0 bridgehead atoms. The predicted octanol–water partition coefficient (Wildman–Crippen LogP) is 6.61. The summed E-state index contributed by atoms with van der Waals surface area (Å²) < 4.78 is 41.4. The van der Waals surface area contributed by atoms with Gasteiger partial charge in [-0.1, -0.05) is 35.3 Å². The lowest BCUT2D eigenvalue weighted by Gasteiger charge is -2.10. The normalized spacial score (nSPS) is 14.3. The number of alkyl halides is 3. The standard InChI is InChI=1S/C20H16Cl2F3N3/c21-15-9-8-12(20(23,24)25)11-14(15)18-13-5-3-4-10-26-19(13)28(27-18)17-7-2-1-6-16(17)22/h1-2,6-9,11,26H,3-5,10H2. The largest absolute Gasteiger partial charge is 0.416 e. The molecule has 1 aliphatic rings. The van der Waals surface area contributed by atoms with Crippen molar-refractivity contribution in [3.05, 3.63) is 63.6 Å². The molecule has 3 aromatic rings. The van der Waals surface area contributed by atoms with E-state index < -0.39 is 11.7 Å². The Morgan fingerprint density at radius 1 is 1.00 bits per heavy atom. The van der Waals surface area contributed by atoms with Crippen LogP contribution in [0.15, 0.2) is 42.5 Å². The average molecular weight is 426 g/mol. The van der Waals surface area contributed by atoms with Gasteiger partial charge in [0, 0.05) is 17.7 Å². The van der Waals surface area contributed by atoms with Crippen molar-refractivity contribution in [2.75, 3.05) is 11.9 Å². The van der Waals surface area contributed by atoms with Crippen LogP contribution in [-0.4, -0.2) is 16.3 Å². The Bertz CT molecular complexity index is 1030. The molecule has 4 rings (SSSR count). The number of benzene rings is 2. The number of hydrogen-bond acceptors (Lipinski definition) is 2. The summed E-state index contributed by atoms with van der Waals surface area (Å²) in [7, 11) is 0. The average Bonchev–Trinajstić information content (AvgIpc) is 2.83. The highest BCUT2D eigenvalue weighted by Gasteiger charge is 2.32. The number of hydrogen-bond donors (Lipinski definition) is 1. The van der Waals surface area contributed by atoms with Gasteiger partial charge >= 0.3 is 6.18 Å². The van der Waals surface area contributed by atoms with Crippen LogP contribution in [0.4, 0.5) is 19.0 Å². The van der Waals surface area contributed by atoms with E-state index in [2.05, 4.69) is 10.4 Å². The Labute approximate surface area is 170 Å². The Hall–Kier alpha value is -2.18. The number of anilines is 1. The molecule has 1 N–H and O–H groups in total. The first kappa shape index (κ1) is 19.2. The molecule has 0 aliphatic carbocycles. The van der Waals surface area contributed by atoms with Crippen LogP contribution < -0.4 is 5.32 Å². The number of halogens is 5. The fourth-order valence-corrected chi connectivity index (χ4v) is 3.82. The number of nitrogens with zero attached hydrogens (tertiary/aromatic N) is 2. The first-order valence-corrected chi connectivity index (χ1v) is 9.59. The topological polar surface area (TPSA) is 29.9 Å². The summed E-state index contributed by atoms with van der Waals surface area (Å²) >= 11 is 12.6. The Morgan fingerprint density at radius 3 is 2.54 bits per heavy atom. The van der Waals surface area contributed by atoms with Gasteiger partial charge in [0.15, 0.2) is 0 Å². The molecule has 2 heterocycles. The van der Waals surface area contributed by atoms with Crippen LogP contribution in [0.1, 0.15) is 24.0 Å². The van der Waals surface area contributed by atoms with E-state index in [0.717, 1.165) is 42.9 Å². The molecule has 0 amide bonds. The molecule has 2 aromatic carbocycles. The van der Waals surface area contributed by atoms with Crippen molar-refractivity contribution in [3.8, 4) is 16.9 Å². The van der Waals surface area contributed by atoms with Gasteiger partial charge in [0.25, 0.3) is 0 Å². The minimum Gasteiger partial charge on any atom is -0.370 e. The second kappa shape index (κ2) is 7.33. The molecule has 3 nitrogen and oxygen atoms in total. The van der Waals surface area contributed by atoms with E-state index in [1.807, 2.05) is 18.2 Å². The van der Waals surface area contributed by atoms with Gasteiger partial charge in [-0.15, -0.1) is 0 Å². The zero-order valence-electron chi connectivity index (χ0n) is 14.7. The van der Waals surface area contributed by atoms with E-state index in [-0.39, 0.29) is 10.6 Å². The molecule has 0 unspecified atom stereocenters. The van der Waals surface area contributed by atoms with E-state index in [0.29, 0.717) is 22.8 Å². The second-order valence-electron chi connectivity index (χ2n) is 6.62. The zero-order chi connectivity index (χ0) is 19.9. The monoisotopic (exact) mass is 425 g/mol. The minimum atomic E-state index is -4.46. The van der Waals surface area contributed by atoms with Gasteiger partial charge < -0.3 is 5.32 Å². The molecule has 0 atom stereocenters. The summed E-state index contributed by atoms with van der Waals surface area (Å²) in [6.07, 6.45) is -1.92. The highest BCUT2D eigenvalue weighted by atomic mass is 35.5. The minimum absolute atomic E-state index is 0.226. The van der Waals surface area contributed by atoms with Crippen LogP contribution in [0.5, 0.6) is 0 Å². The van der Waals surface area contributed by atoms with E-state index in [1.54, 1.807) is 10.7 Å². The predicted molar refractivity (Wildman–Crippen MR) is 105 cm³/mol. The van der Waals surface area contributed by atoms with E-state index in [1.165, 1.54) is 6.07 Å². The van der Waals surface area contributed by atoms with Gasteiger partial charge in [-0.2, -0.15) is 18.3 Å². The second-order valence-corrected chi connectivity index (χ2v) is 7.43. The Morgan fingerprint density at radius 2 is 1.79 bits per heavy atom. The maximum absolute atomic E-state index is 13.2. The van der Waals surface area contributed by atoms with Crippen LogP contribution >= 0.6 is 23.2 Å². The van der Waals surface area contributed by atoms with Crippen molar-refractivity contribution in [1.82, 2.24) is 9.78 Å². The quantitative estimate of drug-likeness (QED) is 0.500. The molecule has 146 valence electrons. The summed E-state index contributed by atoms with van der Waals surface area (Å²) in [4.78, 5) is 0. The molecule has 1 aromatic heterocycles. The third-order valence-electron chi connectivity index (χ3n) is 4.76. The molecular weight excluding hydrogens is 410 g/mol. The Kier molecular flexibility index (Phi) is 5.02. The smallest absolute Gasteiger partial charge is 0.370 e. The van der Waals surface area contributed by atoms with E-state index >= 15 is 0 Å². The SMILES string of the molecule is FC(F)(F)c1ccc(Cl)c(-c2nn(-c3ccccc3Cl)c3c2CCCCN3)c1. The van der Waals surface area contributed by atoms with E-state index in [4.69, 9.17) is 23.2 Å². The molecule has 0 fully saturated rings. The van der Waals surface area contributed by atoms with Crippen LogP contribution in [0.3, 0.4) is 0 Å². The lowest BCUT2D eigenvalue weighted by molar-refractivity contribution is -0.137. The third-order valence-corrected chi connectivity index (χ3v) is 5.41. The lowest BCUT2D eigenvalue weighted by Crippen LogP contribution is -2.07. The maximum atomic E-state index is 13.2. The lowest BCUT2D eigenvalue weighted by atomic mass is 10.0. The van der Waals surface area contributed by atoms with Crippen molar-refractivity contribution in [1.29, 1.82) is 0 Å². The zero-order valence-corrected chi connectivity index (χ0v) is 16.2. The van der Waals surface area contributed by atoms with E-state index in [9.17, 15) is 13.2 Å². The third kappa shape index (κ3) is 3.47. The van der Waals surface area contributed by atoms with Gasteiger partial charge in [-0.05, 0) is 49.6 Å². The summed E-state index contributed by atoms with van der Waals surface area (Å²) in [5, 5.41) is 8.71. The molecule has 8 heteroatoms. The Balaban J connectivity index is 1.95. The van der Waals surface area contributed by atoms with Gasteiger partial charge in [-0.25, -0.2) is 4.68 Å².